The van der Waals surface area contributed by atoms with Crippen LogP contribution < -0.4 is 10.2 Å². The topological polar surface area (TPSA) is 84.2 Å². The van der Waals surface area contributed by atoms with Gasteiger partial charge in [-0.2, -0.15) is 10.1 Å². The summed E-state index contributed by atoms with van der Waals surface area (Å²) in [4.78, 5) is 19.0. The van der Waals surface area contributed by atoms with Crippen LogP contribution in [0.5, 0.6) is 0 Å². The number of likely N-dealkylation sites (tertiary alicyclic amines) is 1. The number of aromatic nitrogens is 5. The van der Waals surface area contributed by atoms with Crippen LogP contribution in [0.4, 0.5) is 17.6 Å². The van der Waals surface area contributed by atoms with E-state index in [1.807, 2.05) is 29.8 Å². The van der Waals surface area contributed by atoms with Crippen molar-refractivity contribution in [2.45, 2.75) is 45.7 Å². The minimum atomic E-state index is 0.421. The van der Waals surface area contributed by atoms with Crippen LogP contribution >= 0.6 is 0 Å². The molecule has 0 saturated carbocycles. The first-order chi connectivity index (χ1) is 15.6. The molecule has 0 aromatic carbocycles. The van der Waals surface area contributed by atoms with Crippen LogP contribution in [0.3, 0.4) is 0 Å². The molecule has 0 atom stereocenters. The Labute approximate surface area is 189 Å². The number of hydrogen-bond acceptors (Lipinski definition) is 8. The van der Waals surface area contributed by atoms with Crippen molar-refractivity contribution in [3.63, 3.8) is 0 Å². The van der Waals surface area contributed by atoms with Gasteiger partial charge in [-0.05, 0) is 58.5 Å². The molecule has 32 heavy (non-hydrogen) atoms. The quantitative estimate of drug-likeness (QED) is 0.510. The van der Waals surface area contributed by atoms with Crippen molar-refractivity contribution in [1.29, 1.82) is 0 Å². The second kappa shape index (κ2) is 10.2. The molecule has 0 bridgehead atoms. The molecule has 1 aliphatic heterocycles. The van der Waals surface area contributed by atoms with Gasteiger partial charge in [0.25, 0.3) is 0 Å². The number of anilines is 3. The van der Waals surface area contributed by atoms with E-state index in [-0.39, 0.29) is 0 Å². The fourth-order valence-electron chi connectivity index (χ4n) is 4.18. The third kappa shape index (κ3) is 4.83. The van der Waals surface area contributed by atoms with Crippen molar-refractivity contribution in [2.24, 2.45) is 0 Å². The number of pyridine rings is 1. The minimum Gasteiger partial charge on any atom is -0.380 e. The Morgan fingerprint density at radius 1 is 1.19 bits per heavy atom. The summed E-state index contributed by atoms with van der Waals surface area (Å²) >= 11 is 0. The summed E-state index contributed by atoms with van der Waals surface area (Å²) < 4.78 is 7.56. The largest absolute Gasteiger partial charge is 0.380 e. The lowest BCUT2D eigenvalue weighted by Gasteiger charge is -2.35. The number of piperidine rings is 1. The second-order valence-corrected chi connectivity index (χ2v) is 8.28. The summed E-state index contributed by atoms with van der Waals surface area (Å²) in [6.45, 7) is 8.22. The Hall–Kier alpha value is -2.78. The Kier molecular flexibility index (Phi) is 7.16. The van der Waals surface area contributed by atoms with Crippen LogP contribution in [0.2, 0.25) is 0 Å². The normalized spacial score (nSPS) is 15.4. The molecule has 4 rings (SSSR count). The highest BCUT2D eigenvalue weighted by Gasteiger charge is 2.25. The van der Waals surface area contributed by atoms with Crippen molar-refractivity contribution < 1.29 is 4.74 Å². The van der Waals surface area contributed by atoms with E-state index in [4.69, 9.17) is 19.8 Å². The number of aryl methyl sites for hydroxylation is 1. The molecule has 1 saturated heterocycles. The van der Waals surface area contributed by atoms with Crippen molar-refractivity contribution in [3.8, 4) is 0 Å². The van der Waals surface area contributed by atoms with Crippen molar-refractivity contribution in [1.82, 2.24) is 29.6 Å². The number of fused-ring (bicyclic) bond motifs is 1. The predicted molar refractivity (Wildman–Crippen MR) is 128 cm³/mol. The predicted octanol–water partition coefficient (Wildman–Crippen LogP) is 3.09. The van der Waals surface area contributed by atoms with E-state index in [1.165, 1.54) is 0 Å². The number of rotatable bonds is 9. The van der Waals surface area contributed by atoms with E-state index in [0.717, 1.165) is 66.7 Å². The molecule has 172 valence electrons. The maximum absolute atomic E-state index is 5.59. The maximum Gasteiger partial charge on any atom is 0.228 e. The summed E-state index contributed by atoms with van der Waals surface area (Å²) in [7, 11) is 4.28. The van der Waals surface area contributed by atoms with Gasteiger partial charge >= 0.3 is 0 Å². The van der Waals surface area contributed by atoms with E-state index in [1.54, 1.807) is 6.20 Å². The molecule has 1 fully saturated rings. The summed E-state index contributed by atoms with van der Waals surface area (Å²) in [6, 6.07) is 6.23. The zero-order valence-electron chi connectivity index (χ0n) is 19.6. The molecular formula is C23H34N8O. The lowest BCUT2D eigenvalue weighted by atomic mass is 10.0. The van der Waals surface area contributed by atoms with Crippen LogP contribution in [0, 0.1) is 0 Å². The third-order valence-corrected chi connectivity index (χ3v) is 6.09. The van der Waals surface area contributed by atoms with Crippen LogP contribution in [-0.4, -0.2) is 76.1 Å². The molecule has 3 aromatic rings. The molecule has 1 aliphatic rings. The maximum atomic E-state index is 5.59. The molecule has 0 amide bonds. The Morgan fingerprint density at radius 3 is 2.69 bits per heavy atom. The fourth-order valence-corrected chi connectivity index (χ4v) is 4.18. The first-order valence-corrected chi connectivity index (χ1v) is 11.5. The summed E-state index contributed by atoms with van der Waals surface area (Å²) in [6.07, 6.45) is 4.78. The Bertz CT molecular complexity index is 1010. The molecule has 3 aromatic heterocycles. The third-order valence-electron chi connectivity index (χ3n) is 6.09. The minimum absolute atomic E-state index is 0.421. The van der Waals surface area contributed by atoms with Gasteiger partial charge in [0.05, 0.1) is 18.8 Å². The van der Waals surface area contributed by atoms with Crippen LogP contribution in [0.1, 0.15) is 32.4 Å². The van der Waals surface area contributed by atoms with Crippen molar-refractivity contribution >= 4 is 28.6 Å². The van der Waals surface area contributed by atoms with E-state index in [0.29, 0.717) is 25.8 Å². The van der Waals surface area contributed by atoms with Crippen molar-refractivity contribution in [2.75, 3.05) is 50.6 Å². The molecular weight excluding hydrogens is 404 g/mol. The van der Waals surface area contributed by atoms with Gasteiger partial charge in [0.1, 0.15) is 16.9 Å². The first kappa shape index (κ1) is 22.4. The van der Waals surface area contributed by atoms with Gasteiger partial charge in [0.2, 0.25) is 5.95 Å². The van der Waals surface area contributed by atoms with Gasteiger partial charge in [-0.1, -0.05) is 13.0 Å². The van der Waals surface area contributed by atoms with E-state index < -0.39 is 0 Å². The lowest BCUT2D eigenvalue weighted by molar-refractivity contribution is 0.137. The SMILES string of the molecule is CCOCCn1nc(CC)c2nc(N(C)C3CCN(C)CC3)nc(Nc3ccccn3)c21. The number of ether oxygens (including phenoxy) is 1. The average molecular weight is 439 g/mol. The highest BCUT2D eigenvalue weighted by atomic mass is 16.5. The van der Waals surface area contributed by atoms with Gasteiger partial charge in [-0.25, -0.2) is 9.97 Å². The smallest absolute Gasteiger partial charge is 0.228 e. The Morgan fingerprint density at radius 2 is 2.00 bits per heavy atom. The van der Waals surface area contributed by atoms with Gasteiger partial charge in [-0.3, -0.25) is 4.68 Å². The molecule has 0 spiro atoms. The first-order valence-electron chi connectivity index (χ1n) is 11.5. The van der Waals surface area contributed by atoms with Crippen molar-refractivity contribution in [3.05, 3.63) is 30.1 Å². The van der Waals surface area contributed by atoms with E-state index in [9.17, 15) is 0 Å². The molecule has 1 N–H and O–H groups in total. The summed E-state index contributed by atoms with van der Waals surface area (Å²) in [5, 5.41) is 8.28. The second-order valence-electron chi connectivity index (χ2n) is 8.28. The summed E-state index contributed by atoms with van der Waals surface area (Å²) in [5.74, 6) is 2.20. The number of nitrogens with one attached hydrogen (secondary N) is 1. The zero-order chi connectivity index (χ0) is 22.5. The van der Waals surface area contributed by atoms with Crippen LogP contribution in [-0.2, 0) is 17.7 Å². The van der Waals surface area contributed by atoms with E-state index in [2.05, 4.69) is 41.1 Å². The van der Waals surface area contributed by atoms with Crippen LogP contribution in [0.25, 0.3) is 11.0 Å². The van der Waals surface area contributed by atoms with Gasteiger partial charge < -0.3 is 19.9 Å². The molecule has 9 heteroatoms. The van der Waals surface area contributed by atoms with Gasteiger partial charge in [0, 0.05) is 25.9 Å². The van der Waals surface area contributed by atoms with E-state index >= 15 is 0 Å². The molecule has 4 heterocycles. The lowest BCUT2D eigenvalue weighted by Crippen LogP contribution is -2.42. The number of hydrogen-bond donors (Lipinski definition) is 1. The highest BCUT2D eigenvalue weighted by Crippen LogP contribution is 2.30. The zero-order valence-corrected chi connectivity index (χ0v) is 19.6. The standard InChI is InChI=1S/C23H34N8O/c1-5-18-20-21(31(28-18)15-16-32-6-2)22(25-19-9-7-8-12-24-19)27-23(26-20)30(4)17-10-13-29(3)14-11-17/h7-9,12,17H,5-6,10-11,13-16H2,1-4H3,(H,24,25,26,27). The monoisotopic (exact) mass is 438 g/mol. The highest BCUT2D eigenvalue weighted by molar-refractivity contribution is 5.90. The fraction of sp³-hybridized carbons (Fsp3) is 0.565. The Balaban J connectivity index is 1.76. The number of nitrogens with zero attached hydrogens (tertiary/aromatic N) is 7. The molecule has 0 aliphatic carbocycles. The van der Waals surface area contributed by atoms with Gasteiger partial charge in [-0.15, -0.1) is 0 Å². The molecule has 0 radical (unpaired) electrons. The molecule has 0 unspecified atom stereocenters. The van der Waals surface area contributed by atoms with Crippen LogP contribution in [0.15, 0.2) is 24.4 Å². The van der Waals surface area contributed by atoms with Gasteiger partial charge in [0.15, 0.2) is 5.82 Å². The molecule has 9 nitrogen and oxygen atoms in total. The average Bonchev–Trinajstić information content (AvgIpc) is 3.18. The summed E-state index contributed by atoms with van der Waals surface area (Å²) in [5.41, 5.74) is 2.76.